The first-order chi connectivity index (χ1) is 10.7. The fourth-order valence-corrected chi connectivity index (χ4v) is 2.85. The van der Waals surface area contributed by atoms with E-state index in [1.165, 1.54) is 44.9 Å². The van der Waals surface area contributed by atoms with E-state index in [1.54, 1.807) is 0 Å². The largest absolute Gasteiger partial charge is 0.394 e. The molecule has 0 radical (unpaired) electrons. The number of hydrogen-bond acceptors (Lipinski definition) is 5. The molecule has 132 valence electrons. The van der Waals surface area contributed by atoms with Gasteiger partial charge < -0.3 is 24.8 Å². The van der Waals surface area contributed by atoms with Crippen molar-refractivity contribution in [2.24, 2.45) is 0 Å². The van der Waals surface area contributed by atoms with Crippen molar-refractivity contribution >= 4 is 0 Å². The molecule has 1 aliphatic heterocycles. The van der Waals surface area contributed by atoms with E-state index in [0.29, 0.717) is 6.61 Å². The molecule has 0 unspecified atom stereocenters. The Labute approximate surface area is 134 Å². The second-order valence-corrected chi connectivity index (χ2v) is 6.28. The Hall–Kier alpha value is -0.200. The lowest BCUT2D eigenvalue weighted by Crippen LogP contribution is -2.55. The van der Waals surface area contributed by atoms with E-state index in [9.17, 15) is 15.3 Å². The van der Waals surface area contributed by atoms with Crippen LogP contribution < -0.4 is 0 Å². The summed E-state index contributed by atoms with van der Waals surface area (Å²) in [5, 5.41) is 28.7. The van der Waals surface area contributed by atoms with Gasteiger partial charge in [0.1, 0.15) is 24.4 Å². The SMILES string of the molecule is CCCCCCCCCCCO[C@H]1[C@H](O)[C@@H](O)CO[C@@H]1CO. The van der Waals surface area contributed by atoms with Gasteiger partial charge in [-0.05, 0) is 6.42 Å². The van der Waals surface area contributed by atoms with Crippen LogP contribution in [0.5, 0.6) is 0 Å². The fourth-order valence-electron chi connectivity index (χ4n) is 2.85. The van der Waals surface area contributed by atoms with Gasteiger partial charge in [0.05, 0.1) is 13.2 Å². The molecule has 4 atom stereocenters. The van der Waals surface area contributed by atoms with Crippen molar-refractivity contribution in [3.8, 4) is 0 Å². The molecule has 0 saturated carbocycles. The Morgan fingerprint density at radius 1 is 0.955 bits per heavy atom. The van der Waals surface area contributed by atoms with Gasteiger partial charge in [-0.3, -0.25) is 0 Å². The minimum atomic E-state index is -0.982. The maximum Gasteiger partial charge on any atom is 0.114 e. The Balaban J connectivity index is 2.03. The van der Waals surface area contributed by atoms with E-state index in [0.717, 1.165) is 12.8 Å². The van der Waals surface area contributed by atoms with E-state index >= 15 is 0 Å². The summed E-state index contributed by atoms with van der Waals surface area (Å²) >= 11 is 0. The molecule has 3 N–H and O–H groups in total. The lowest BCUT2D eigenvalue weighted by atomic mass is 10.0. The van der Waals surface area contributed by atoms with E-state index in [2.05, 4.69) is 6.92 Å². The highest BCUT2D eigenvalue weighted by atomic mass is 16.6. The first kappa shape index (κ1) is 19.8. The average Bonchev–Trinajstić information content (AvgIpc) is 2.53. The number of aliphatic hydroxyl groups excluding tert-OH is 3. The summed E-state index contributed by atoms with van der Waals surface area (Å²) < 4.78 is 10.9. The maximum absolute atomic E-state index is 9.92. The minimum absolute atomic E-state index is 0.0459. The zero-order valence-corrected chi connectivity index (χ0v) is 14.0. The third kappa shape index (κ3) is 7.38. The number of aliphatic hydroxyl groups is 3. The van der Waals surface area contributed by atoms with Crippen LogP contribution in [0.1, 0.15) is 64.7 Å². The highest BCUT2D eigenvalue weighted by molar-refractivity contribution is 4.87. The highest BCUT2D eigenvalue weighted by Crippen LogP contribution is 2.19. The van der Waals surface area contributed by atoms with E-state index < -0.39 is 24.4 Å². The van der Waals surface area contributed by atoms with Crippen LogP contribution in [0, 0.1) is 0 Å². The van der Waals surface area contributed by atoms with Crippen molar-refractivity contribution in [3.05, 3.63) is 0 Å². The molecule has 1 heterocycles. The molecule has 1 aliphatic rings. The van der Waals surface area contributed by atoms with Crippen molar-refractivity contribution in [2.45, 2.75) is 89.1 Å². The van der Waals surface area contributed by atoms with E-state index in [4.69, 9.17) is 9.47 Å². The average molecular weight is 318 g/mol. The normalized spacial score (nSPS) is 28.9. The lowest BCUT2D eigenvalue weighted by molar-refractivity contribution is -0.211. The molecule has 22 heavy (non-hydrogen) atoms. The van der Waals surface area contributed by atoms with Gasteiger partial charge in [-0.1, -0.05) is 58.3 Å². The van der Waals surface area contributed by atoms with Crippen molar-refractivity contribution in [1.29, 1.82) is 0 Å². The van der Waals surface area contributed by atoms with Gasteiger partial charge >= 0.3 is 0 Å². The molecule has 0 aromatic carbocycles. The van der Waals surface area contributed by atoms with E-state index in [1.807, 2.05) is 0 Å². The van der Waals surface area contributed by atoms with Gasteiger partial charge in [0.25, 0.3) is 0 Å². The Bertz CT molecular complexity index is 259. The van der Waals surface area contributed by atoms with Crippen LogP contribution in [0.2, 0.25) is 0 Å². The van der Waals surface area contributed by atoms with Gasteiger partial charge in [-0.15, -0.1) is 0 Å². The van der Waals surface area contributed by atoms with Gasteiger partial charge in [0.2, 0.25) is 0 Å². The predicted molar refractivity (Wildman–Crippen MR) is 85.8 cm³/mol. The number of unbranched alkanes of at least 4 members (excludes halogenated alkanes) is 8. The van der Waals surface area contributed by atoms with Crippen LogP contribution in [0.4, 0.5) is 0 Å². The Morgan fingerprint density at radius 3 is 2.14 bits per heavy atom. The fraction of sp³-hybridized carbons (Fsp3) is 1.00. The molecule has 0 spiro atoms. The van der Waals surface area contributed by atoms with Gasteiger partial charge in [-0.2, -0.15) is 0 Å². The molecule has 0 aromatic rings. The van der Waals surface area contributed by atoms with Crippen molar-refractivity contribution in [2.75, 3.05) is 19.8 Å². The molecule has 1 rings (SSSR count). The zero-order valence-electron chi connectivity index (χ0n) is 14.0. The topological polar surface area (TPSA) is 79.2 Å². The molecule has 0 bridgehead atoms. The monoisotopic (exact) mass is 318 g/mol. The summed E-state index contributed by atoms with van der Waals surface area (Å²) in [5.41, 5.74) is 0. The number of hydrogen-bond donors (Lipinski definition) is 3. The smallest absolute Gasteiger partial charge is 0.114 e. The molecule has 0 aliphatic carbocycles. The molecule has 1 fully saturated rings. The zero-order chi connectivity index (χ0) is 16.2. The quantitative estimate of drug-likeness (QED) is 0.480. The van der Waals surface area contributed by atoms with Gasteiger partial charge in [0, 0.05) is 6.61 Å². The summed E-state index contributed by atoms with van der Waals surface area (Å²) in [7, 11) is 0. The molecule has 0 aromatic heterocycles. The number of ether oxygens (including phenoxy) is 2. The van der Waals surface area contributed by atoms with Crippen LogP contribution >= 0.6 is 0 Å². The first-order valence-electron chi connectivity index (χ1n) is 8.90. The standard InChI is InChI=1S/C17H34O5/c1-2-3-4-5-6-7-8-9-10-11-21-17-15(12-18)22-13-14(19)16(17)20/h14-20H,2-13H2,1H3/t14-,15+,16+,17+/m0/s1. The maximum atomic E-state index is 9.92. The number of rotatable bonds is 12. The summed E-state index contributed by atoms with van der Waals surface area (Å²) in [6.07, 6.45) is 8.08. The van der Waals surface area contributed by atoms with Crippen LogP contribution in [0.3, 0.4) is 0 Å². The third-order valence-electron chi connectivity index (χ3n) is 4.32. The van der Waals surface area contributed by atoms with Crippen LogP contribution in [-0.4, -0.2) is 59.6 Å². The second-order valence-electron chi connectivity index (χ2n) is 6.28. The Kier molecular flexibility index (Phi) is 11.1. The summed E-state index contributed by atoms with van der Waals surface area (Å²) in [5.74, 6) is 0. The van der Waals surface area contributed by atoms with Crippen LogP contribution in [0.15, 0.2) is 0 Å². The third-order valence-corrected chi connectivity index (χ3v) is 4.32. The van der Waals surface area contributed by atoms with Crippen molar-refractivity contribution in [3.63, 3.8) is 0 Å². The molecule has 0 amide bonds. The predicted octanol–water partition coefficient (Wildman–Crippen LogP) is 2.02. The summed E-state index contributed by atoms with van der Waals surface area (Å²) in [6, 6.07) is 0. The van der Waals surface area contributed by atoms with Crippen LogP contribution in [0.25, 0.3) is 0 Å². The molecular weight excluding hydrogens is 284 g/mol. The van der Waals surface area contributed by atoms with Gasteiger partial charge in [-0.25, -0.2) is 0 Å². The summed E-state index contributed by atoms with van der Waals surface area (Å²) in [4.78, 5) is 0. The van der Waals surface area contributed by atoms with E-state index in [-0.39, 0.29) is 13.2 Å². The molecule has 5 nitrogen and oxygen atoms in total. The molecule has 5 heteroatoms. The van der Waals surface area contributed by atoms with Crippen molar-refractivity contribution < 1.29 is 24.8 Å². The van der Waals surface area contributed by atoms with Crippen LogP contribution in [-0.2, 0) is 9.47 Å². The Morgan fingerprint density at radius 2 is 1.55 bits per heavy atom. The van der Waals surface area contributed by atoms with Crippen molar-refractivity contribution in [1.82, 2.24) is 0 Å². The highest BCUT2D eigenvalue weighted by Gasteiger charge is 2.39. The molecule has 1 saturated heterocycles. The lowest BCUT2D eigenvalue weighted by Gasteiger charge is -2.37. The van der Waals surface area contributed by atoms with Gasteiger partial charge in [0.15, 0.2) is 0 Å². The first-order valence-corrected chi connectivity index (χ1v) is 8.90. The second kappa shape index (κ2) is 12.3. The minimum Gasteiger partial charge on any atom is -0.394 e. The summed E-state index contributed by atoms with van der Waals surface area (Å²) in [6.45, 7) is 2.61. The molecular formula is C17H34O5.